The average molecular weight is 278 g/mol. The van der Waals surface area contributed by atoms with E-state index in [1.165, 1.54) is 16.7 Å². The van der Waals surface area contributed by atoms with Crippen molar-refractivity contribution in [3.63, 3.8) is 0 Å². The zero-order valence-corrected chi connectivity index (χ0v) is 12.1. The van der Waals surface area contributed by atoms with Crippen molar-refractivity contribution in [3.05, 3.63) is 64.7 Å². The van der Waals surface area contributed by atoms with Gasteiger partial charge in [0.05, 0.1) is 18.2 Å². The van der Waals surface area contributed by atoms with Crippen LogP contribution in [0.1, 0.15) is 35.2 Å². The molecular weight excluding hydrogens is 260 g/mol. The van der Waals surface area contributed by atoms with Gasteiger partial charge >= 0.3 is 0 Å². The summed E-state index contributed by atoms with van der Waals surface area (Å²) in [7, 11) is 0. The molecule has 1 N–H and O–H groups in total. The molecule has 2 aromatic rings. The van der Waals surface area contributed by atoms with Crippen molar-refractivity contribution in [1.29, 1.82) is 5.26 Å². The van der Waals surface area contributed by atoms with Crippen LogP contribution in [0.3, 0.4) is 0 Å². The molecule has 0 spiro atoms. The van der Waals surface area contributed by atoms with E-state index in [-0.39, 0.29) is 6.04 Å². The van der Waals surface area contributed by atoms with E-state index in [4.69, 9.17) is 10.00 Å². The summed E-state index contributed by atoms with van der Waals surface area (Å²) < 4.78 is 5.54. The van der Waals surface area contributed by atoms with Crippen LogP contribution in [0, 0.1) is 11.3 Å². The van der Waals surface area contributed by atoms with Crippen LogP contribution in [0.2, 0.25) is 0 Å². The van der Waals surface area contributed by atoms with Crippen LogP contribution in [0.25, 0.3) is 0 Å². The van der Waals surface area contributed by atoms with Gasteiger partial charge in [-0.15, -0.1) is 0 Å². The van der Waals surface area contributed by atoms with E-state index in [1.807, 2.05) is 24.3 Å². The maximum absolute atomic E-state index is 8.80. The standard InChI is InChI=1S/C18H18N2O/c1-13(16-6-7-18-17(10-16)8-9-21-18)20-12-15-4-2-14(11-19)3-5-15/h2-7,10,13,20H,8-9,12H2,1H3. The molecule has 0 saturated heterocycles. The number of hydrogen-bond donors (Lipinski definition) is 1. The monoisotopic (exact) mass is 278 g/mol. The van der Waals surface area contributed by atoms with E-state index in [0.29, 0.717) is 5.56 Å². The van der Waals surface area contributed by atoms with Gasteiger partial charge in [0.1, 0.15) is 5.75 Å². The third kappa shape index (κ3) is 3.07. The Balaban J connectivity index is 1.63. The van der Waals surface area contributed by atoms with Gasteiger partial charge in [-0.2, -0.15) is 5.26 Å². The molecule has 106 valence electrons. The van der Waals surface area contributed by atoms with Gasteiger partial charge in [0.15, 0.2) is 0 Å². The Labute approximate surface area is 125 Å². The quantitative estimate of drug-likeness (QED) is 0.933. The number of rotatable bonds is 4. The topological polar surface area (TPSA) is 45.0 Å². The second-order valence-corrected chi connectivity index (χ2v) is 5.38. The minimum Gasteiger partial charge on any atom is -0.493 e. The fourth-order valence-corrected chi connectivity index (χ4v) is 2.56. The van der Waals surface area contributed by atoms with Crippen LogP contribution in [0.5, 0.6) is 5.75 Å². The van der Waals surface area contributed by atoms with Crippen LogP contribution in [-0.4, -0.2) is 6.61 Å². The maximum atomic E-state index is 8.80. The highest BCUT2D eigenvalue weighted by molar-refractivity contribution is 5.40. The molecule has 1 heterocycles. The summed E-state index contributed by atoms with van der Waals surface area (Å²) in [6.45, 7) is 3.76. The summed E-state index contributed by atoms with van der Waals surface area (Å²) in [5.74, 6) is 1.03. The molecule has 1 atom stereocenters. The molecule has 0 saturated carbocycles. The fourth-order valence-electron chi connectivity index (χ4n) is 2.56. The van der Waals surface area contributed by atoms with Gasteiger partial charge in [-0.05, 0) is 41.8 Å². The molecular formula is C18H18N2O. The number of fused-ring (bicyclic) bond motifs is 1. The summed E-state index contributed by atoms with van der Waals surface area (Å²) in [4.78, 5) is 0. The van der Waals surface area contributed by atoms with Crippen molar-refractivity contribution in [2.24, 2.45) is 0 Å². The van der Waals surface area contributed by atoms with Crippen molar-refractivity contribution in [2.45, 2.75) is 25.9 Å². The van der Waals surface area contributed by atoms with Gasteiger partial charge in [0, 0.05) is 19.0 Å². The Morgan fingerprint density at radius 3 is 2.81 bits per heavy atom. The summed E-state index contributed by atoms with van der Waals surface area (Å²) in [6, 6.07) is 16.5. The Bertz CT molecular complexity index is 671. The zero-order valence-electron chi connectivity index (χ0n) is 12.1. The average Bonchev–Trinajstić information content (AvgIpc) is 3.00. The van der Waals surface area contributed by atoms with Gasteiger partial charge < -0.3 is 10.1 Å². The van der Waals surface area contributed by atoms with Crippen molar-refractivity contribution in [2.75, 3.05) is 6.61 Å². The van der Waals surface area contributed by atoms with E-state index in [1.54, 1.807) is 0 Å². The molecule has 0 amide bonds. The molecule has 0 fully saturated rings. The molecule has 0 aliphatic carbocycles. The van der Waals surface area contributed by atoms with E-state index in [2.05, 4.69) is 36.5 Å². The first-order chi connectivity index (χ1) is 10.3. The highest BCUT2D eigenvalue weighted by Gasteiger charge is 2.14. The van der Waals surface area contributed by atoms with Gasteiger partial charge in [-0.1, -0.05) is 24.3 Å². The number of nitrogens with zero attached hydrogens (tertiary/aromatic N) is 1. The van der Waals surface area contributed by atoms with Gasteiger partial charge in [0.25, 0.3) is 0 Å². The molecule has 3 nitrogen and oxygen atoms in total. The summed E-state index contributed by atoms with van der Waals surface area (Å²) in [5.41, 5.74) is 4.48. The van der Waals surface area contributed by atoms with Crippen LogP contribution in [0.15, 0.2) is 42.5 Å². The predicted octanol–water partition coefficient (Wildman–Crippen LogP) is 3.34. The van der Waals surface area contributed by atoms with Crippen LogP contribution >= 0.6 is 0 Å². The molecule has 2 aromatic carbocycles. The summed E-state index contributed by atoms with van der Waals surface area (Å²) in [5, 5.41) is 12.3. The first kappa shape index (κ1) is 13.7. The lowest BCUT2D eigenvalue weighted by Crippen LogP contribution is -2.18. The minimum absolute atomic E-state index is 0.284. The van der Waals surface area contributed by atoms with Crippen molar-refractivity contribution < 1.29 is 4.74 Å². The Morgan fingerprint density at radius 1 is 1.24 bits per heavy atom. The number of hydrogen-bond acceptors (Lipinski definition) is 3. The molecule has 21 heavy (non-hydrogen) atoms. The van der Waals surface area contributed by atoms with Gasteiger partial charge in [0.2, 0.25) is 0 Å². The van der Waals surface area contributed by atoms with E-state index in [9.17, 15) is 0 Å². The van der Waals surface area contributed by atoms with E-state index < -0.39 is 0 Å². The van der Waals surface area contributed by atoms with Crippen molar-refractivity contribution in [3.8, 4) is 11.8 Å². The van der Waals surface area contributed by atoms with Crippen molar-refractivity contribution in [1.82, 2.24) is 5.32 Å². The lowest BCUT2D eigenvalue weighted by atomic mass is 10.0. The largest absolute Gasteiger partial charge is 0.493 e. The predicted molar refractivity (Wildman–Crippen MR) is 82.1 cm³/mol. The summed E-state index contributed by atoms with van der Waals surface area (Å²) >= 11 is 0. The lowest BCUT2D eigenvalue weighted by molar-refractivity contribution is 0.356. The highest BCUT2D eigenvalue weighted by atomic mass is 16.5. The number of ether oxygens (including phenoxy) is 1. The third-order valence-corrected chi connectivity index (χ3v) is 3.91. The molecule has 1 aliphatic rings. The lowest BCUT2D eigenvalue weighted by Gasteiger charge is -2.15. The van der Waals surface area contributed by atoms with Crippen LogP contribution in [-0.2, 0) is 13.0 Å². The molecule has 1 aliphatic heterocycles. The number of benzene rings is 2. The Hall–Kier alpha value is -2.31. The van der Waals surface area contributed by atoms with Crippen molar-refractivity contribution >= 4 is 0 Å². The molecule has 3 heteroatoms. The van der Waals surface area contributed by atoms with Gasteiger partial charge in [-0.25, -0.2) is 0 Å². The number of nitrogens with one attached hydrogen (secondary N) is 1. The second-order valence-electron chi connectivity index (χ2n) is 5.38. The Kier molecular flexibility index (Phi) is 3.89. The first-order valence-electron chi connectivity index (χ1n) is 7.24. The highest BCUT2D eigenvalue weighted by Crippen LogP contribution is 2.28. The molecule has 0 radical (unpaired) electrons. The fraction of sp³-hybridized carbons (Fsp3) is 0.278. The SMILES string of the molecule is CC(NCc1ccc(C#N)cc1)c1ccc2c(c1)CCO2. The second kappa shape index (κ2) is 5.99. The molecule has 3 rings (SSSR count). The van der Waals surface area contributed by atoms with Crippen LogP contribution in [0.4, 0.5) is 0 Å². The summed E-state index contributed by atoms with van der Waals surface area (Å²) in [6.07, 6.45) is 1.01. The van der Waals surface area contributed by atoms with E-state index >= 15 is 0 Å². The van der Waals surface area contributed by atoms with Crippen LogP contribution < -0.4 is 10.1 Å². The zero-order chi connectivity index (χ0) is 14.7. The number of nitriles is 1. The molecule has 1 unspecified atom stereocenters. The first-order valence-corrected chi connectivity index (χ1v) is 7.24. The van der Waals surface area contributed by atoms with E-state index in [0.717, 1.165) is 25.3 Å². The Morgan fingerprint density at radius 2 is 2.05 bits per heavy atom. The third-order valence-electron chi connectivity index (χ3n) is 3.91. The molecule has 0 aromatic heterocycles. The van der Waals surface area contributed by atoms with Gasteiger partial charge in [-0.3, -0.25) is 0 Å². The molecule has 0 bridgehead atoms. The maximum Gasteiger partial charge on any atom is 0.122 e. The normalized spacial score (nSPS) is 14.1. The smallest absolute Gasteiger partial charge is 0.122 e. The minimum atomic E-state index is 0.284.